The van der Waals surface area contributed by atoms with Gasteiger partial charge >= 0.3 is 0 Å². The third kappa shape index (κ3) is 1.62. The fourth-order valence-electron chi connectivity index (χ4n) is 1.16. The molecule has 0 aliphatic heterocycles. The highest BCUT2D eigenvalue weighted by atomic mass is 14.8. The topological polar surface area (TPSA) is 25.8 Å². The van der Waals surface area contributed by atoms with Crippen LogP contribution in [0.4, 0.5) is 0 Å². The molecule has 0 aliphatic carbocycles. The Balaban J connectivity index is 2.40. The lowest BCUT2D eigenvalue weighted by molar-refractivity contribution is 1.18. The van der Waals surface area contributed by atoms with Crippen molar-refractivity contribution in [3.05, 3.63) is 48.3 Å². The number of rotatable bonds is 1. The number of hydrogen-bond donors (Lipinski definition) is 0. The first kappa shape index (κ1) is 8.46. The van der Waals surface area contributed by atoms with Crippen molar-refractivity contribution in [1.29, 1.82) is 0 Å². The second-order valence-electron chi connectivity index (χ2n) is 2.79. The zero-order valence-corrected chi connectivity index (χ0v) is 7.51. The van der Waals surface area contributed by atoms with Gasteiger partial charge in [-0.15, -0.1) is 6.42 Å². The monoisotopic (exact) mass is 180 g/mol. The number of benzene rings is 1. The molecular weight excluding hydrogens is 172 g/mol. The van der Waals surface area contributed by atoms with E-state index in [9.17, 15) is 0 Å². The molecule has 1 aromatic carbocycles. The van der Waals surface area contributed by atoms with Crippen molar-refractivity contribution in [1.82, 2.24) is 9.97 Å². The minimum absolute atomic E-state index is 0.719. The Hall–Kier alpha value is -2.14. The summed E-state index contributed by atoms with van der Waals surface area (Å²) in [6.45, 7) is 0. The summed E-state index contributed by atoms with van der Waals surface area (Å²) in [5.41, 5.74) is 1.84. The predicted molar refractivity (Wildman–Crippen MR) is 55.4 cm³/mol. The van der Waals surface area contributed by atoms with E-state index in [1.165, 1.54) is 0 Å². The second kappa shape index (κ2) is 3.71. The van der Waals surface area contributed by atoms with Crippen LogP contribution >= 0.6 is 0 Å². The highest BCUT2D eigenvalue weighted by Crippen LogP contribution is 2.13. The lowest BCUT2D eigenvalue weighted by Gasteiger charge is -1.98. The zero-order valence-electron chi connectivity index (χ0n) is 7.51. The molecule has 0 radical (unpaired) electrons. The Bertz CT molecular complexity index is 452. The maximum atomic E-state index is 5.26. The highest BCUT2D eigenvalue weighted by Gasteiger charge is 1.97. The van der Waals surface area contributed by atoms with Crippen LogP contribution in [0.5, 0.6) is 0 Å². The largest absolute Gasteiger partial charge is 0.237 e. The minimum atomic E-state index is 0.719. The van der Waals surface area contributed by atoms with E-state index in [1.807, 2.05) is 24.3 Å². The summed E-state index contributed by atoms with van der Waals surface area (Å²) in [4.78, 5) is 8.28. The normalized spacial score (nSPS) is 9.36. The Kier molecular flexibility index (Phi) is 2.24. The van der Waals surface area contributed by atoms with Gasteiger partial charge in [0.2, 0.25) is 0 Å². The lowest BCUT2D eigenvalue weighted by atomic mass is 10.1. The molecule has 0 amide bonds. The first-order valence-electron chi connectivity index (χ1n) is 4.24. The van der Waals surface area contributed by atoms with Crippen molar-refractivity contribution >= 4 is 0 Å². The summed E-state index contributed by atoms with van der Waals surface area (Å²) in [5, 5.41) is 0. The standard InChI is InChI=1S/C12H8N2/c1-2-10-4-6-11(7-5-10)12-13-8-3-9-14-12/h1,3-9H. The van der Waals surface area contributed by atoms with Gasteiger partial charge < -0.3 is 0 Å². The fourth-order valence-corrected chi connectivity index (χ4v) is 1.16. The Morgan fingerprint density at radius 2 is 1.64 bits per heavy atom. The van der Waals surface area contributed by atoms with Gasteiger partial charge in [-0.25, -0.2) is 9.97 Å². The molecule has 1 aromatic heterocycles. The van der Waals surface area contributed by atoms with Crippen LogP contribution in [0, 0.1) is 12.3 Å². The van der Waals surface area contributed by atoms with Gasteiger partial charge in [-0.1, -0.05) is 5.92 Å². The summed E-state index contributed by atoms with van der Waals surface area (Å²) < 4.78 is 0. The van der Waals surface area contributed by atoms with Gasteiger partial charge in [0.1, 0.15) is 0 Å². The van der Waals surface area contributed by atoms with Crippen LogP contribution < -0.4 is 0 Å². The summed E-state index contributed by atoms with van der Waals surface area (Å²) in [7, 11) is 0. The van der Waals surface area contributed by atoms with Gasteiger partial charge in [0, 0.05) is 23.5 Å². The second-order valence-corrected chi connectivity index (χ2v) is 2.79. The van der Waals surface area contributed by atoms with Crippen LogP contribution in [0.25, 0.3) is 11.4 Å². The quantitative estimate of drug-likeness (QED) is 0.628. The summed E-state index contributed by atoms with van der Waals surface area (Å²) in [6, 6.07) is 9.39. The van der Waals surface area contributed by atoms with E-state index in [1.54, 1.807) is 18.5 Å². The van der Waals surface area contributed by atoms with Crippen LogP contribution in [-0.2, 0) is 0 Å². The minimum Gasteiger partial charge on any atom is -0.237 e. The maximum Gasteiger partial charge on any atom is 0.159 e. The van der Waals surface area contributed by atoms with Gasteiger partial charge in [0.05, 0.1) is 0 Å². The van der Waals surface area contributed by atoms with E-state index < -0.39 is 0 Å². The molecule has 14 heavy (non-hydrogen) atoms. The van der Waals surface area contributed by atoms with Crippen LogP contribution in [0.1, 0.15) is 5.56 Å². The van der Waals surface area contributed by atoms with Crippen LogP contribution in [0.2, 0.25) is 0 Å². The van der Waals surface area contributed by atoms with E-state index in [0.717, 1.165) is 17.0 Å². The molecular formula is C12H8N2. The van der Waals surface area contributed by atoms with E-state index in [2.05, 4.69) is 15.9 Å². The third-order valence-corrected chi connectivity index (χ3v) is 1.88. The zero-order chi connectivity index (χ0) is 9.80. The summed E-state index contributed by atoms with van der Waals surface area (Å²) >= 11 is 0. The van der Waals surface area contributed by atoms with Crippen LogP contribution in [-0.4, -0.2) is 9.97 Å². The number of aromatic nitrogens is 2. The molecule has 2 nitrogen and oxygen atoms in total. The molecule has 2 heteroatoms. The SMILES string of the molecule is C#Cc1ccc(-c2ncccn2)cc1. The van der Waals surface area contributed by atoms with Gasteiger partial charge in [-0.05, 0) is 30.3 Å². The average molecular weight is 180 g/mol. The van der Waals surface area contributed by atoms with Crippen molar-refractivity contribution in [3.63, 3.8) is 0 Å². The van der Waals surface area contributed by atoms with Gasteiger partial charge in [0.15, 0.2) is 5.82 Å². The number of terminal acetylenes is 1. The van der Waals surface area contributed by atoms with E-state index >= 15 is 0 Å². The maximum absolute atomic E-state index is 5.26. The Morgan fingerprint density at radius 3 is 2.21 bits per heavy atom. The molecule has 0 saturated carbocycles. The number of hydrogen-bond acceptors (Lipinski definition) is 2. The molecule has 0 saturated heterocycles. The van der Waals surface area contributed by atoms with E-state index in [-0.39, 0.29) is 0 Å². The lowest BCUT2D eigenvalue weighted by Crippen LogP contribution is -1.86. The Morgan fingerprint density at radius 1 is 1.00 bits per heavy atom. The molecule has 2 aromatic rings. The number of nitrogens with zero attached hydrogens (tertiary/aromatic N) is 2. The molecule has 0 spiro atoms. The molecule has 1 heterocycles. The molecule has 0 fully saturated rings. The first-order chi connectivity index (χ1) is 6.90. The molecule has 2 rings (SSSR count). The third-order valence-electron chi connectivity index (χ3n) is 1.88. The summed E-state index contributed by atoms with van der Waals surface area (Å²) in [5.74, 6) is 3.28. The molecule has 0 N–H and O–H groups in total. The predicted octanol–water partition coefficient (Wildman–Crippen LogP) is 2.12. The van der Waals surface area contributed by atoms with Gasteiger partial charge in [0.25, 0.3) is 0 Å². The highest BCUT2D eigenvalue weighted by molar-refractivity contribution is 5.56. The van der Waals surface area contributed by atoms with Crippen molar-refractivity contribution in [2.75, 3.05) is 0 Å². The molecule has 0 atom stereocenters. The smallest absolute Gasteiger partial charge is 0.159 e. The van der Waals surface area contributed by atoms with Crippen molar-refractivity contribution in [2.45, 2.75) is 0 Å². The van der Waals surface area contributed by atoms with Crippen molar-refractivity contribution in [3.8, 4) is 23.7 Å². The van der Waals surface area contributed by atoms with Crippen molar-refractivity contribution in [2.24, 2.45) is 0 Å². The van der Waals surface area contributed by atoms with Gasteiger partial charge in [-0.2, -0.15) is 0 Å². The average Bonchev–Trinajstić information content (AvgIpc) is 2.30. The van der Waals surface area contributed by atoms with Crippen molar-refractivity contribution < 1.29 is 0 Å². The van der Waals surface area contributed by atoms with E-state index in [4.69, 9.17) is 6.42 Å². The van der Waals surface area contributed by atoms with Crippen LogP contribution in [0.3, 0.4) is 0 Å². The first-order valence-corrected chi connectivity index (χ1v) is 4.24. The molecule has 0 bridgehead atoms. The Labute approximate surface area is 82.7 Å². The van der Waals surface area contributed by atoms with Gasteiger partial charge in [-0.3, -0.25) is 0 Å². The van der Waals surface area contributed by atoms with E-state index in [0.29, 0.717) is 0 Å². The van der Waals surface area contributed by atoms with Crippen LogP contribution in [0.15, 0.2) is 42.7 Å². The molecule has 0 unspecified atom stereocenters. The summed E-state index contributed by atoms with van der Waals surface area (Å²) in [6.07, 6.45) is 8.70. The molecule has 66 valence electrons. The molecule has 0 aliphatic rings. The fraction of sp³-hybridized carbons (Fsp3) is 0.